The van der Waals surface area contributed by atoms with Crippen LogP contribution in [0.1, 0.15) is 51.4 Å². The maximum absolute atomic E-state index is 11.3. The molecule has 0 bridgehead atoms. The molecule has 0 aromatic heterocycles. The number of ketones is 1. The molecule has 2 saturated carbocycles. The van der Waals surface area contributed by atoms with Gasteiger partial charge in [0.2, 0.25) is 0 Å². The number of piperidine rings is 1. The Labute approximate surface area is 116 Å². The van der Waals surface area contributed by atoms with Gasteiger partial charge in [-0.2, -0.15) is 0 Å². The van der Waals surface area contributed by atoms with Crippen molar-refractivity contribution in [2.75, 3.05) is 26.3 Å². The second-order valence-corrected chi connectivity index (χ2v) is 6.73. The number of Topliss-reactive ketones (excluding diaryl/α,β-unsaturated/α-hetero) is 1. The number of likely N-dealkylation sites (tertiary alicyclic amines) is 1. The molecule has 3 aliphatic rings. The molecule has 3 fully saturated rings. The maximum atomic E-state index is 11.3. The highest BCUT2D eigenvalue weighted by atomic mass is 16.5. The summed E-state index contributed by atoms with van der Waals surface area (Å²) in [7, 11) is 0. The molecule has 0 N–H and O–H groups in total. The standard InChI is InChI=1S/C16H27NO2/c18-16-7-9-17(10-8-16)15-5-3-14(4-6-15)12-19-11-13-1-2-13/h13-15H,1-12H2/t14-,15+. The van der Waals surface area contributed by atoms with Gasteiger partial charge in [-0.15, -0.1) is 0 Å². The van der Waals surface area contributed by atoms with Crippen molar-refractivity contribution in [1.82, 2.24) is 4.90 Å². The molecule has 1 heterocycles. The molecule has 0 aromatic rings. The maximum Gasteiger partial charge on any atom is 0.135 e. The Morgan fingerprint density at radius 1 is 0.895 bits per heavy atom. The highest BCUT2D eigenvalue weighted by Gasteiger charge is 2.28. The average Bonchev–Trinajstić information content (AvgIpc) is 3.25. The Bertz CT molecular complexity index is 296. The predicted molar refractivity (Wildman–Crippen MR) is 75.1 cm³/mol. The highest BCUT2D eigenvalue weighted by Crippen LogP contribution is 2.31. The van der Waals surface area contributed by atoms with Gasteiger partial charge in [-0.25, -0.2) is 0 Å². The lowest BCUT2D eigenvalue weighted by Crippen LogP contribution is -2.43. The van der Waals surface area contributed by atoms with Crippen LogP contribution in [-0.4, -0.2) is 43.0 Å². The number of nitrogens with zero attached hydrogens (tertiary/aromatic N) is 1. The number of hydrogen-bond acceptors (Lipinski definition) is 3. The van der Waals surface area contributed by atoms with Crippen LogP contribution in [0.5, 0.6) is 0 Å². The summed E-state index contributed by atoms with van der Waals surface area (Å²) in [6.07, 6.45) is 9.60. The Balaban J connectivity index is 1.33. The smallest absolute Gasteiger partial charge is 0.135 e. The van der Waals surface area contributed by atoms with E-state index in [1.54, 1.807) is 0 Å². The summed E-state index contributed by atoms with van der Waals surface area (Å²) in [5.41, 5.74) is 0. The van der Waals surface area contributed by atoms with Gasteiger partial charge in [0.1, 0.15) is 5.78 Å². The highest BCUT2D eigenvalue weighted by molar-refractivity contribution is 5.79. The lowest BCUT2D eigenvalue weighted by Gasteiger charge is -2.38. The zero-order valence-corrected chi connectivity index (χ0v) is 12.0. The Morgan fingerprint density at radius 2 is 1.42 bits per heavy atom. The van der Waals surface area contributed by atoms with E-state index in [1.165, 1.54) is 38.5 Å². The minimum absolute atomic E-state index is 0.457. The van der Waals surface area contributed by atoms with Crippen molar-refractivity contribution in [2.24, 2.45) is 11.8 Å². The molecule has 1 aliphatic heterocycles. The monoisotopic (exact) mass is 265 g/mol. The summed E-state index contributed by atoms with van der Waals surface area (Å²) < 4.78 is 5.83. The molecule has 108 valence electrons. The van der Waals surface area contributed by atoms with Crippen LogP contribution in [0, 0.1) is 11.8 Å². The van der Waals surface area contributed by atoms with Gasteiger partial charge in [-0.1, -0.05) is 0 Å². The van der Waals surface area contributed by atoms with Crippen LogP contribution in [0.4, 0.5) is 0 Å². The van der Waals surface area contributed by atoms with Crippen molar-refractivity contribution >= 4 is 5.78 Å². The van der Waals surface area contributed by atoms with Crippen molar-refractivity contribution in [3.05, 3.63) is 0 Å². The van der Waals surface area contributed by atoms with Crippen LogP contribution in [0.25, 0.3) is 0 Å². The van der Waals surface area contributed by atoms with E-state index < -0.39 is 0 Å². The molecule has 0 amide bonds. The van der Waals surface area contributed by atoms with Gasteiger partial charge in [0.05, 0.1) is 0 Å². The fourth-order valence-corrected chi connectivity index (χ4v) is 3.50. The van der Waals surface area contributed by atoms with Gasteiger partial charge in [0.15, 0.2) is 0 Å². The summed E-state index contributed by atoms with van der Waals surface area (Å²) in [4.78, 5) is 13.8. The summed E-state index contributed by atoms with van der Waals surface area (Å²) >= 11 is 0. The first kappa shape index (κ1) is 13.6. The summed E-state index contributed by atoms with van der Waals surface area (Å²) in [6, 6.07) is 0.743. The largest absolute Gasteiger partial charge is 0.381 e. The molecule has 0 atom stereocenters. The van der Waals surface area contributed by atoms with Crippen LogP contribution >= 0.6 is 0 Å². The van der Waals surface area contributed by atoms with Crippen molar-refractivity contribution in [2.45, 2.75) is 57.4 Å². The third-order valence-electron chi connectivity index (χ3n) is 5.09. The third kappa shape index (κ3) is 4.03. The molecule has 19 heavy (non-hydrogen) atoms. The van der Waals surface area contributed by atoms with E-state index in [9.17, 15) is 4.79 Å². The van der Waals surface area contributed by atoms with E-state index in [0.29, 0.717) is 5.78 Å². The van der Waals surface area contributed by atoms with Gasteiger partial charge >= 0.3 is 0 Å². The second-order valence-electron chi connectivity index (χ2n) is 6.73. The number of carbonyl (C=O) groups is 1. The summed E-state index contributed by atoms with van der Waals surface area (Å²) in [6.45, 7) is 4.01. The Morgan fingerprint density at radius 3 is 1.95 bits per heavy atom. The molecular formula is C16H27NO2. The lowest BCUT2D eigenvalue weighted by atomic mass is 9.85. The van der Waals surface area contributed by atoms with Gasteiger partial charge in [0.25, 0.3) is 0 Å². The van der Waals surface area contributed by atoms with Crippen molar-refractivity contribution in [1.29, 1.82) is 0 Å². The van der Waals surface area contributed by atoms with Crippen LogP contribution in [-0.2, 0) is 9.53 Å². The third-order valence-corrected chi connectivity index (χ3v) is 5.09. The molecule has 0 radical (unpaired) electrons. The molecule has 3 nitrogen and oxygen atoms in total. The van der Waals surface area contributed by atoms with Crippen molar-refractivity contribution in [3.8, 4) is 0 Å². The molecule has 3 heteroatoms. The molecular weight excluding hydrogens is 238 g/mol. The van der Waals surface area contributed by atoms with E-state index in [4.69, 9.17) is 4.74 Å². The first-order valence-electron chi connectivity index (χ1n) is 8.15. The van der Waals surface area contributed by atoms with E-state index in [-0.39, 0.29) is 0 Å². The van der Waals surface area contributed by atoms with E-state index in [0.717, 1.165) is 57.0 Å². The molecule has 0 aromatic carbocycles. The molecule has 0 unspecified atom stereocenters. The Kier molecular flexibility index (Phi) is 4.54. The number of hydrogen-bond donors (Lipinski definition) is 0. The summed E-state index contributed by atoms with van der Waals surface area (Å²) in [5, 5.41) is 0. The van der Waals surface area contributed by atoms with Crippen molar-refractivity contribution in [3.63, 3.8) is 0 Å². The SMILES string of the molecule is O=C1CCN([C@H]2CC[C@@H](COCC3CC3)CC2)CC1. The van der Waals surface area contributed by atoms with Crippen LogP contribution in [0.15, 0.2) is 0 Å². The van der Waals surface area contributed by atoms with Gasteiger partial charge in [-0.3, -0.25) is 9.69 Å². The minimum Gasteiger partial charge on any atom is -0.381 e. The number of ether oxygens (including phenoxy) is 1. The average molecular weight is 265 g/mol. The molecule has 0 spiro atoms. The normalized spacial score (nSPS) is 33.6. The zero-order chi connectivity index (χ0) is 13.1. The molecule has 3 rings (SSSR count). The van der Waals surface area contributed by atoms with Gasteiger partial charge < -0.3 is 4.74 Å². The van der Waals surface area contributed by atoms with Gasteiger partial charge in [-0.05, 0) is 50.4 Å². The van der Waals surface area contributed by atoms with E-state index in [2.05, 4.69) is 4.90 Å². The molecule has 2 aliphatic carbocycles. The number of rotatable bonds is 5. The first-order chi connectivity index (χ1) is 9.31. The van der Waals surface area contributed by atoms with Crippen LogP contribution < -0.4 is 0 Å². The fourth-order valence-electron chi connectivity index (χ4n) is 3.50. The summed E-state index contributed by atoms with van der Waals surface area (Å²) in [5.74, 6) is 2.14. The second kappa shape index (κ2) is 6.36. The molecule has 1 saturated heterocycles. The van der Waals surface area contributed by atoms with Crippen molar-refractivity contribution < 1.29 is 9.53 Å². The quantitative estimate of drug-likeness (QED) is 0.765. The van der Waals surface area contributed by atoms with Crippen LogP contribution in [0.3, 0.4) is 0 Å². The minimum atomic E-state index is 0.457. The van der Waals surface area contributed by atoms with E-state index >= 15 is 0 Å². The number of carbonyl (C=O) groups excluding carboxylic acids is 1. The Hall–Kier alpha value is -0.410. The first-order valence-corrected chi connectivity index (χ1v) is 8.15. The lowest BCUT2D eigenvalue weighted by molar-refractivity contribution is -0.122. The van der Waals surface area contributed by atoms with Gasteiger partial charge in [0, 0.05) is 45.2 Å². The topological polar surface area (TPSA) is 29.5 Å². The van der Waals surface area contributed by atoms with E-state index in [1.807, 2.05) is 0 Å². The fraction of sp³-hybridized carbons (Fsp3) is 0.938. The predicted octanol–water partition coefficient (Wildman–Crippen LogP) is 2.64. The zero-order valence-electron chi connectivity index (χ0n) is 12.0. The van der Waals surface area contributed by atoms with Crippen LogP contribution in [0.2, 0.25) is 0 Å².